The number of aryl methyl sites for hydroxylation is 1. The van der Waals surface area contributed by atoms with Gasteiger partial charge in [0.25, 0.3) is 0 Å². The topological polar surface area (TPSA) is 26.3 Å². The molecular weight excluding hydrogens is 324 g/mol. The molecule has 0 aliphatic carbocycles. The summed E-state index contributed by atoms with van der Waals surface area (Å²) in [6.45, 7) is 8.34. The molecule has 0 unspecified atom stereocenters. The summed E-state index contributed by atoms with van der Waals surface area (Å²) in [4.78, 5) is 12.4. The molecule has 2 aromatic rings. The molecule has 3 heteroatoms. The number of Topliss-reactive ketones (excluding diaryl/α,β-unsaturated/α-hetero) is 1. The number of ketones is 1. The van der Waals surface area contributed by atoms with Crippen LogP contribution in [0.25, 0.3) is 0 Å². The van der Waals surface area contributed by atoms with E-state index in [1.54, 1.807) is 13.2 Å². The second kappa shape index (κ2) is 7.88. The molecule has 0 atom stereocenters. The molecule has 0 aliphatic rings. The second-order valence-electron chi connectivity index (χ2n) is 6.81. The zero-order valence-corrected chi connectivity index (χ0v) is 16.4. The van der Waals surface area contributed by atoms with Gasteiger partial charge < -0.3 is 4.74 Å². The first-order chi connectivity index (χ1) is 11.8. The van der Waals surface area contributed by atoms with Crippen molar-refractivity contribution in [1.29, 1.82) is 0 Å². The Balaban J connectivity index is 2.37. The highest BCUT2D eigenvalue weighted by molar-refractivity contribution is 6.84. The number of hydrogen-bond donors (Lipinski definition) is 0. The molecule has 2 nitrogen and oxygen atoms in total. The lowest BCUT2D eigenvalue weighted by Gasteiger charge is -2.04. The Hall–Kier alpha value is -2.75. The number of ether oxygens (including phenoxy) is 1. The van der Waals surface area contributed by atoms with Gasteiger partial charge in [0.05, 0.1) is 7.11 Å². The zero-order chi connectivity index (χ0) is 18.4. The van der Waals surface area contributed by atoms with Gasteiger partial charge in [-0.2, -0.15) is 0 Å². The van der Waals surface area contributed by atoms with Crippen LogP contribution in [0.2, 0.25) is 19.6 Å². The highest BCUT2D eigenvalue weighted by Crippen LogP contribution is 2.16. The summed E-state index contributed by atoms with van der Waals surface area (Å²) in [5.41, 5.74) is 6.33. The van der Waals surface area contributed by atoms with E-state index in [1.165, 1.54) is 0 Å². The average molecular weight is 347 g/mol. The first-order valence-corrected chi connectivity index (χ1v) is 11.6. The Morgan fingerprint density at radius 3 is 2.32 bits per heavy atom. The number of methoxy groups -OCH3 is 1. The highest BCUT2D eigenvalue weighted by Gasteiger charge is 2.11. The van der Waals surface area contributed by atoms with Crippen LogP contribution >= 0.6 is 0 Å². The molecule has 0 heterocycles. The van der Waals surface area contributed by atoms with E-state index in [1.807, 2.05) is 43.3 Å². The van der Waals surface area contributed by atoms with Crippen LogP contribution in [0.5, 0.6) is 5.75 Å². The zero-order valence-electron chi connectivity index (χ0n) is 15.4. The summed E-state index contributed by atoms with van der Waals surface area (Å²) in [7, 11) is 0.0545. The van der Waals surface area contributed by atoms with Gasteiger partial charge in [-0.3, -0.25) is 4.79 Å². The van der Waals surface area contributed by atoms with Crippen molar-refractivity contribution >= 4 is 13.9 Å². The molecule has 0 radical (unpaired) electrons. The summed E-state index contributed by atoms with van der Waals surface area (Å²) in [5.74, 6) is 9.70. The molecule has 126 valence electrons. The van der Waals surface area contributed by atoms with Crippen molar-refractivity contribution < 1.29 is 9.53 Å². The molecule has 0 aliphatic heterocycles. The number of carbonyl (C=O) groups excluding carboxylic acids is 1. The van der Waals surface area contributed by atoms with Gasteiger partial charge in [0.15, 0.2) is 0 Å². The van der Waals surface area contributed by atoms with Crippen LogP contribution in [-0.4, -0.2) is 21.0 Å². The molecule has 0 saturated carbocycles. The van der Waals surface area contributed by atoms with Crippen LogP contribution in [0, 0.1) is 30.2 Å². The SMILES string of the molecule is COc1ccc(C#Cc2ccccc2C(=O)C#C[Si](C)(C)C)c(C)c1. The largest absolute Gasteiger partial charge is 0.497 e. The Kier molecular flexibility index (Phi) is 5.86. The monoisotopic (exact) mass is 346 g/mol. The average Bonchev–Trinajstić information content (AvgIpc) is 2.58. The standard InChI is InChI=1S/C22H22O2Si/c1-17-16-20(24-2)13-12-18(17)10-11-19-8-6-7-9-21(19)22(23)14-15-25(3,4)5/h6-9,12-13,16H,1-5H3. The van der Waals surface area contributed by atoms with E-state index in [2.05, 4.69) is 42.9 Å². The normalized spacial score (nSPS) is 10.1. The predicted molar refractivity (Wildman–Crippen MR) is 106 cm³/mol. The van der Waals surface area contributed by atoms with Crippen molar-refractivity contribution in [3.63, 3.8) is 0 Å². The number of rotatable bonds is 2. The van der Waals surface area contributed by atoms with E-state index < -0.39 is 8.07 Å². The van der Waals surface area contributed by atoms with Crippen molar-refractivity contribution in [3.8, 4) is 29.1 Å². The van der Waals surface area contributed by atoms with Gasteiger partial charge in [0.1, 0.15) is 13.8 Å². The van der Waals surface area contributed by atoms with Crippen molar-refractivity contribution in [3.05, 3.63) is 64.7 Å². The lowest BCUT2D eigenvalue weighted by Crippen LogP contribution is -2.17. The molecule has 2 aromatic carbocycles. The third-order valence-electron chi connectivity index (χ3n) is 3.49. The third-order valence-corrected chi connectivity index (χ3v) is 4.36. The van der Waals surface area contributed by atoms with Crippen LogP contribution in [0.15, 0.2) is 42.5 Å². The summed E-state index contributed by atoms with van der Waals surface area (Å²) >= 11 is 0. The highest BCUT2D eigenvalue weighted by atomic mass is 28.3. The van der Waals surface area contributed by atoms with Crippen LogP contribution in [-0.2, 0) is 0 Å². The fourth-order valence-corrected chi connectivity index (χ4v) is 2.63. The van der Waals surface area contributed by atoms with Crippen molar-refractivity contribution in [2.45, 2.75) is 26.6 Å². The van der Waals surface area contributed by atoms with Gasteiger partial charge in [-0.15, -0.1) is 5.54 Å². The van der Waals surface area contributed by atoms with Crippen LogP contribution in [0.3, 0.4) is 0 Å². The minimum atomic E-state index is -1.59. The van der Waals surface area contributed by atoms with E-state index in [0.29, 0.717) is 11.1 Å². The van der Waals surface area contributed by atoms with E-state index in [-0.39, 0.29) is 5.78 Å². The van der Waals surface area contributed by atoms with Crippen LogP contribution < -0.4 is 4.74 Å². The van der Waals surface area contributed by atoms with Crippen LogP contribution in [0.4, 0.5) is 0 Å². The summed E-state index contributed by atoms with van der Waals surface area (Å²) in [6, 6.07) is 13.1. The van der Waals surface area contributed by atoms with Crippen molar-refractivity contribution in [2.75, 3.05) is 7.11 Å². The summed E-state index contributed by atoms with van der Waals surface area (Å²) < 4.78 is 5.21. The number of carbonyl (C=O) groups is 1. The Bertz CT molecular complexity index is 913. The maximum atomic E-state index is 12.4. The quantitative estimate of drug-likeness (QED) is 0.456. The minimum Gasteiger partial charge on any atom is -0.497 e. The molecule has 0 N–H and O–H groups in total. The first-order valence-electron chi connectivity index (χ1n) is 8.13. The summed E-state index contributed by atoms with van der Waals surface area (Å²) in [5, 5.41) is 0. The Labute approximate surface area is 151 Å². The molecule has 0 amide bonds. The molecule has 0 spiro atoms. The Morgan fingerprint density at radius 2 is 1.68 bits per heavy atom. The predicted octanol–water partition coefficient (Wildman–Crippen LogP) is 4.47. The molecule has 0 bridgehead atoms. The van der Waals surface area contributed by atoms with Gasteiger partial charge in [-0.25, -0.2) is 0 Å². The van der Waals surface area contributed by atoms with E-state index in [9.17, 15) is 4.79 Å². The molecular formula is C22H22O2Si. The van der Waals surface area contributed by atoms with E-state index >= 15 is 0 Å². The smallest absolute Gasteiger partial charge is 0.236 e. The molecule has 2 rings (SSSR count). The van der Waals surface area contributed by atoms with Gasteiger partial charge in [0, 0.05) is 16.7 Å². The first kappa shape index (κ1) is 18.6. The van der Waals surface area contributed by atoms with Gasteiger partial charge in [0.2, 0.25) is 5.78 Å². The number of benzene rings is 2. The van der Waals surface area contributed by atoms with E-state index in [0.717, 1.165) is 16.9 Å². The lowest BCUT2D eigenvalue weighted by molar-refractivity contribution is 0.105. The maximum Gasteiger partial charge on any atom is 0.236 e. The van der Waals surface area contributed by atoms with Crippen LogP contribution in [0.1, 0.15) is 27.0 Å². The molecule has 0 fully saturated rings. The van der Waals surface area contributed by atoms with Crippen molar-refractivity contribution in [2.24, 2.45) is 0 Å². The molecule has 0 saturated heterocycles. The van der Waals surface area contributed by atoms with E-state index in [4.69, 9.17) is 4.74 Å². The van der Waals surface area contributed by atoms with Gasteiger partial charge in [-0.05, 0) is 48.7 Å². The number of hydrogen-bond acceptors (Lipinski definition) is 2. The maximum absolute atomic E-state index is 12.4. The molecule has 0 aromatic heterocycles. The minimum absolute atomic E-state index is 0.168. The second-order valence-corrected chi connectivity index (χ2v) is 11.6. The Morgan fingerprint density at radius 1 is 1.00 bits per heavy atom. The van der Waals surface area contributed by atoms with Crippen molar-refractivity contribution in [1.82, 2.24) is 0 Å². The fraction of sp³-hybridized carbons (Fsp3) is 0.227. The third kappa shape index (κ3) is 5.38. The lowest BCUT2D eigenvalue weighted by atomic mass is 10.0. The summed E-state index contributed by atoms with van der Waals surface area (Å²) in [6.07, 6.45) is 0. The fourth-order valence-electron chi connectivity index (χ4n) is 2.14. The van der Waals surface area contributed by atoms with Gasteiger partial charge in [-0.1, -0.05) is 43.6 Å². The van der Waals surface area contributed by atoms with Gasteiger partial charge >= 0.3 is 0 Å². The molecule has 25 heavy (non-hydrogen) atoms.